The van der Waals surface area contributed by atoms with Crippen molar-refractivity contribution in [3.8, 4) is 11.5 Å². The lowest BCUT2D eigenvalue weighted by atomic mass is 9.95. The number of hydrogen-bond acceptors (Lipinski definition) is 5. The fraction of sp³-hybridized carbons (Fsp3) is 0.148. The van der Waals surface area contributed by atoms with Gasteiger partial charge in [0.15, 0.2) is 5.78 Å². The molecule has 0 heterocycles. The number of halogens is 1. The second kappa shape index (κ2) is 13.6. The third kappa shape index (κ3) is 7.60. The second-order valence-electron chi connectivity index (χ2n) is 7.10. The second-order valence-corrected chi connectivity index (χ2v) is 7.51. The van der Waals surface area contributed by atoms with Gasteiger partial charge in [0.2, 0.25) is 0 Å². The smallest absolute Gasteiger partial charge is 0.303 e. The maximum atomic E-state index is 12.8. The number of para-hydroxylation sites is 1. The topological polar surface area (TPSA) is 101 Å². The van der Waals surface area contributed by atoms with Crippen LogP contribution in [0.25, 0.3) is 0 Å². The van der Waals surface area contributed by atoms with E-state index in [1.54, 1.807) is 30.3 Å². The Morgan fingerprint density at radius 1 is 1.00 bits per heavy atom. The van der Waals surface area contributed by atoms with E-state index in [4.69, 9.17) is 21.4 Å². The van der Waals surface area contributed by atoms with Crippen molar-refractivity contribution in [2.24, 2.45) is 0 Å². The number of carbonyl (C=O) groups is 3. The Morgan fingerprint density at radius 2 is 1.62 bits per heavy atom. The molecule has 2 N–H and O–H groups in total. The first-order valence-electron chi connectivity index (χ1n) is 10.5. The van der Waals surface area contributed by atoms with Crippen LogP contribution in [0.1, 0.15) is 39.9 Å². The molecule has 0 aliphatic heterocycles. The fourth-order valence-corrected chi connectivity index (χ4v) is 3.30. The molecule has 7 heteroatoms. The van der Waals surface area contributed by atoms with Crippen molar-refractivity contribution in [3.05, 3.63) is 107 Å². The van der Waals surface area contributed by atoms with E-state index in [-0.39, 0.29) is 36.5 Å². The zero-order valence-electron chi connectivity index (χ0n) is 18.4. The zero-order chi connectivity index (χ0) is 24.9. The molecular formula is C27H25ClO6. The summed E-state index contributed by atoms with van der Waals surface area (Å²) in [5, 5.41) is 19.0. The number of phenolic OH excluding ortho intramolecular Hbond substituents is 1. The van der Waals surface area contributed by atoms with Crippen molar-refractivity contribution in [1.82, 2.24) is 0 Å². The molecule has 0 unspecified atom stereocenters. The van der Waals surface area contributed by atoms with Gasteiger partial charge in [0, 0.05) is 28.1 Å². The van der Waals surface area contributed by atoms with E-state index in [9.17, 15) is 19.5 Å². The number of benzene rings is 3. The summed E-state index contributed by atoms with van der Waals surface area (Å²) < 4.78 is 5.79. The highest BCUT2D eigenvalue weighted by Gasteiger charge is 2.21. The van der Waals surface area contributed by atoms with Crippen LogP contribution in [0, 0.1) is 0 Å². The summed E-state index contributed by atoms with van der Waals surface area (Å²) in [5.74, 6) is -0.593. The van der Waals surface area contributed by atoms with Crippen LogP contribution in [-0.2, 0) is 22.6 Å². The van der Waals surface area contributed by atoms with Crippen molar-refractivity contribution < 1.29 is 29.3 Å². The molecule has 0 aliphatic carbocycles. The first kappa shape index (κ1) is 26.4. The molecule has 0 fully saturated rings. The van der Waals surface area contributed by atoms with Crippen molar-refractivity contribution in [3.63, 3.8) is 0 Å². The van der Waals surface area contributed by atoms with Crippen molar-refractivity contribution in [1.29, 1.82) is 0 Å². The third-order valence-corrected chi connectivity index (χ3v) is 5.03. The summed E-state index contributed by atoms with van der Waals surface area (Å²) >= 11 is 6.46. The van der Waals surface area contributed by atoms with Gasteiger partial charge in [0.25, 0.3) is 0 Å². The number of ketones is 1. The summed E-state index contributed by atoms with van der Waals surface area (Å²) in [6.07, 6.45) is 2.69. The van der Waals surface area contributed by atoms with Gasteiger partial charge in [-0.05, 0) is 24.6 Å². The van der Waals surface area contributed by atoms with Crippen LogP contribution in [0.3, 0.4) is 0 Å². The highest BCUT2D eigenvalue weighted by Crippen LogP contribution is 2.35. The number of aldehydes is 1. The predicted molar refractivity (Wildman–Crippen MR) is 131 cm³/mol. The minimum absolute atomic E-state index is 0.0521. The normalized spacial score (nSPS) is 9.91. The molecule has 3 rings (SSSR count). The highest BCUT2D eigenvalue weighted by molar-refractivity contribution is 6.32. The number of ether oxygens (including phenoxy) is 1. The van der Waals surface area contributed by atoms with Gasteiger partial charge in [-0.3, -0.25) is 9.59 Å². The van der Waals surface area contributed by atoms with Crippen LogP contribution in [-0.4, -0.2) is 28.3 Å². The average Bonchev–Trinajstić information content (AvgIpc) is 2.85. The number of hydrogen-bond donors (Lipinski definition) is 2. The lowest BCUT2D eigenvalue weighted by Gasteiger charge is -2.16. The Balaban J connectivity index is 0.000000509. The molecule has 34 heavy (non-hydrogen) atoms. The number of carboxylic acids is 1. The van der Waals surface area contributed by atoms with Crippen molar-refractivity contribution in [2.75, 3.05) is 0 Å². The summed E-state index contributed by atoms with van der Waals surface area (Å²) in [7, 11) is 0. The molecule has 0 saturated carbocycles. The number of phenols is 1. The molecule has 3 aromatic rings. The number of allylic oxidation sites excluding steroid dienone is 1. The SMILES string of the molecule is C=CCc1c(O)c(C(=O)c2ccccc2)cc(Cl)c1COc1ccccc1.O=CCCC(=O)O. The van der Waals surface area contributed by atoms with Crippen LogP contribution in [0.5, 0.6) is 11.5 Å². The molecule has 3 aromatic carbocycles. The molecule has 0 bridgehead atoms. The standard InChI is InChI=1S/C23H19ClO3.C4H6O3/c1-2-9-18-20(15-27-17-12-7-4-8-13-17)21(24)14-19(23(18)26)22(25)16-10-5-3-6-11-16;5-3-1-2-4(6)7/h2-8,10-14,26H,1,9,15H2;3H,1-2H2,(H,6,7). The van der Waals surface area contributed by atoms with E-state index in [1.807, 2.05) is 36.4 Å². The molecular weight excluding hydrogens is 456 g/mol. The molecule has 6 nitrogen and oxygen atoms in total. The summed E-state index contributed by atoms with van der Waals surface area (Å²) in [6.45, 7) is 3.92. The molecule has 0 aromatic heterocycles. The Bertz CT molecular complexity index is 1130. The number of aromatic hydroxyl groups is 1. The van der Waals surface area contributed by atoms with Gasteiger partial charge in [-0.25, -0.2) is 0 Å². The van der Waals surface area contributed by atoms with Crippen LogP contribution >= 0.6 is 11.6 Å². The first-order chi connectivity index (χ1) is 16.4. The van der Waals surface area contributed by atoms with Gasteiger partial charge in [-0.15, -0.1) is 6.58 Å². The van der Waals surface area contributed by atoms with Gasteiger partial charge in [-0.1, -0.05) is 66.2 Å². The molecule has 0 aliphatic rings. The Morgan fingerprint density at radius 3 is 2.15 bits per heavy atom. The van der Waals surface area contributed by atoms with E-state index in [2.05, 4.69) is 6.58 Å². The van der Waals surface area contributed by atoms with Crippen LogP contribution in [0.15, 0.2) is 79.4 Å². The first-order valence-corrected chi connectivity index (χ1v) is 10.8. The summed E-state index contributed by atoms with van der Waals surface area (Å²) in [6, 6.07) is 19.6. The van der Waals surface area contributed by atoms with Crippen molar-refractivity contribution in [2.45, 2.75) is 25.9 Å². The Hall–Kier alpha value is -3.90. The predicted octanol–water partition coefficient (Wildman–Crippen LogP) is 5.63. The molecule has 0 amide bonds. The van der Waals surface area contributed by atoms with Gasteiger partial charge in [-0.2, -0.15) is 0 Å². The van der Waals surface area contributed by atoms with Crippen molar-refractivity contribution >= 4 is 29.6 Å². The number of carbonyl (C=O) groups excluding carboxylic acids is 2. The third-order valence-electron chi connectivity index (χ3n) is 4.70. The van der Waals surface area contributed by atoms with Crippen LogP contribution in [0.4, 0.5) is 0 Å². The fourth-order valence-electron chi connectivity index (χ4n) is 3.02. The van der Waals surface area contributed by atoms with Crippen LogP contribution in [0.2, 0.25) is 5.02 Å². The molecule has 0 radical (unpaired) electrons. The minimum atomic E-state index is -0.924. The maximum Gasteiger partial charge on any atom is 0.303 e. The maximum absolute atomic E-state index is 12.8. The minimum Gasteiger partial charge on any atom is -0.507 e. The average molecular weight is 481 g/mol. The number of aliphatic carboxylic acids is 1. The summed E-state index contributed by atoms with van der Waals surface area (Å²) in [4.78, 5) is 31.8. The van der Waals surface area contributed by atoms with E-state index in [0.29, 0.717) is 40.2 Å². The molecule has 0 spiro atoms. The van der Waals surface area contributed by atoms with E-state index < -0.39 is 5.97 Å². The number of carboxylic acid groups (broad SMARTS) is 1. The molecule has 0 atom stereocenters. The van der Waals surface area contributed by atoms with Gasteiger partial charge in [0.1, 0.15) is 24.4 Å². The lowest BCUT2D eigenvalue weighted by Crippen LogP contribution is -2.07. The lowest BCUT2D eigenvalue weighted by molar-refractivity contribution is -0.137. The largest absolute Gasteiger partial charge is 0.507 e. The Labute approximate surface area is 203 Å². The van der Waals surface area contributed by atoms with Gasteiger partial charge in [0.05, 0.1) is 12.0 Å². The zero-order valence-corrected chi connectivity index (χ0v) is 19.2. The van der Waals surface area contributed by atoms with Gasteiger partial charge >= 0.3 is 5.97 Å². The molecule has 0 saturated heterocycles. The summed E-state index contributed by atoms with van der Waals surface area (Å²) in [5.41, 5.74) is 1.85. The highest BCUT2D eigenvalue weighted by atomic mass is 35.5. The van der Waals surface area contributed by atoms with E-state index in [0.717, 1.165) is 0 Å². The van der Waals surface area contributed by atoms with Crippen LogP contribution < -0.4 is 4.74 Å². The Kier molecular flexibility index (Phi) is 10.5. The quantitative estimate of drug-likeness (QED) is 0.221. The van der Waals surface area contributed by atoms with E-state index >= 15 is 0 Å². The monoisotopic (exact) mass is 480 g/mol. The van der Waals surface area contributed by atoms with Gasteiger partial charge < -0.3 is 19.7 Å². The van der Waals surface area contributed by atoms with E-state index in [1.165, 1.54) is 6.07 Å². The number of rotatable bonds is 10. The molecule has 176 valence electrons.